The lowest BCUT2D eigenvalue weighted by Gasteiger charge is -2.18. The van der Waals surface area contributed by atoms with Crippen LogP contribution in [0.2, 0.25) is 0 Å². The van der Waals surface area contributed by atoms with Crippen molar-refractivity contribution in [3.05, 3.63) is 59.7 Å². The van der Waals surface area contributed by atoms with Crippen LogP contribution in [-0.4, -0.2) is 19.0 Å². The first-order valence-corrected chi connectivity index (χ1v) is 9.30. The molecule has 0 spiro atoms. The van der Waals surface area contributed by atoms with E-state index in [1.165, 1.54) is 23.2 Å². The van der Waals surface area contributed by atoms with Crippen LogP contribution in [0.1, 0.15) is 37.3 Å². The first kappa shape index (κ1) is 17.5. The minimum atomic E-state index is 0.0923. The van der Waals surface area contributed by atoms with E-state index in [-0.39, 0.29) is 5.91 Å². The van der Waals surface area contributed by atoms with Crippen LogP contribution in [0.4, 0.5) is 11.4 Å². The predicted molar refractivity (Wildman–Crippen MR) is 105 cm³/mol. The van der Waals surface area contributed by atoms with Gasteiger partial charge in [0.05, 0.1) is 0 Å². The zero-order chi connectivity index (χ0) is 17.6. The fraction of sp³-hybridized carbons (Fsp3) is 0.409. The van der Waals surface area contributed by atoms with Crippen LogP contribution in [0.15, 0.2) is 48.5 Å². The highest BCUT2D eigenvalue weighted by atomic mass is 16.1. The average Bonchev–Trinajstić information content (AvgIpc) is 3.04. The third kappa shape index (κ3) is 5.09. The summed E-state index contributed by atoms with van der Waals surface area (Å²) in [6.07, 6.45) is 3.64. The van der Waals surface area contributed by atoms with Gasteiger partial charge in [-0.05, 0) is 61.9 Å². The SMILES string of the molecule is Cc1ccc(CCCC(=O)Nc2ccc(N3CCC(C)C3)cc2)cc1. The summed E-state index contributed by atoms with van der Waals surface area (Å²) in [5.41, 5.74) is 4.70. The number of hydrogen-bond donors (Lipinski definition) is 1. The Morgan fingerprint density at radius 2 is 1.84 bits per heavy atom. The van der Waals surface area contributed by atoms with Crippen LogP contribution in [0.3, 0.4) is 0 Å². The summed E-state index contributed by atoms with van der Waals surface area (Å²) in [4.78, 5) is 14.5. The third-order valence-corrected chi connectivity index (χ3v) is 4.93. The first-order chi connectivity index (χ1) is 12.1. The molecule has 3 heteroatoms. The number of carbonyl (C=O) groups excluding carboxylic acids is 1. The molecule has 132 valence electrons. The van der Waals surface area contributed by atoms with Crippen LogP contribution in [-0.2, 0) is 11.2 Å². The zero-order valence-electron chi connectivity index (χ0n) is 15.3. The molecule has 3 nitrogen and oxygen atoms in total. The van der Waals surface area contributed by atoms with Crippen LogP contribution in [0, 0.1) is 12.8 Å². The zero-order valence-corrected chi connectivity index (χ0v) is 15.3. The molecule has 2 aromatic carbocycles. The van der Waals surface area contributed by atoms with E-state index in [1.54, 1.807) is 0 Å². The Hall–Kier alpha value is -2.29. The Balaban J connectivity index is 1.43. The molecule has 0 bridgehead atoms. The Bertz CT molecular complexity index is 691. The van der Waals surface area contributed by atoms with E-state index in [2.05, 4.69) is 60.5 Å². The molecule has 0 aromatic heterocycles. The number of amides is 1. The van der Waals surface area contributed by atoms with E-state index >= 15 is 0 Å². The van der Waals surface area contributed by atoms with Crippen molar-refractivity contribution in [3.8, 4) is 0 Å². The Morgan fingerprint density at radius 1 is 1.12 bits per heavy atom. The molecule has 0 aliphatic carbocycles. The summed E-state index contributed by atoms with van der Waals surface area (Å²) in [6, 6.07) is 16.8. The van der Waals surface area contributed by atoms with Gasteiger partial charge in [-0.15, -0.1) is 0 Å². The van der Waals surface area contributed by atoms with Gasteiger partial charge in [-0.25, -0.2) is 0 Å². The molecule has 1 unspecified atom stereocenters. The largest absolute Gasteiger partial charge is 0.371 e. The highest BCUT2D eigenvalue weighted by molar-refractivity contribution is 5.90. The van der Waals surface area contributed by atoms with E-state index < -0.39 is 0 Å². The minimum Gasteiger partial charge on any atom is -0.371 e. The van der Waals surface area contributed by atoms with Crippen molar-refractivity contribution in [2.45, 2.75) is 39.5 Å². The number of benzene rings is 2. The lowest BCUT2D eigenvalue weighted by Crippen LogP contribution is -2.19. The molecule has 1 amide bonds. The standard InChI is InChI=1S/C22H28N2O/c1-17-6-8-19(9-7-17)4-3-5-22(25)23-20-10-12-21(13-11-20)24-15-14-18(2)16-24/h6-13,18H,3-5,14-16H2,1-2H3,(H,23,25). The van der Waals surface area contributed by atoms with Gasteiger partial charge in [0, 0.05) is 30.9 Å². The van der Waals surface area contributed by atoms with Crippen LogP contribution >= 0.6 is 0 Å². The van der Waals surface area contributed by atoms with Gasteiger partial charge in [0.1, 0.15) is 0 Å². The molecular formula is C22H28N2O. The Kier molecular flexibility index (Phi) is 5.75. The third-order valence-electron chi connectivity index (χ3n) is 4.93. The summed E-state index contributed by atoms with van der Waals surface area (Å²) >= 11 is 0. The first-order valence-electron chi connectivity index (χ1n) is 9.30. The van der Waals surface area contributed by atoms with Gasteiger partial charge < -0.3 is 10.2 Å². The maximum Gasteiger partial charge on any atom is 0.224 e. The lowest BCUT2D eigenvalue weighted by atomic mass is 10.1. The van der Waals surface area contributed by atoms with Crippen LogP contribution in [0.25, 0.3) is 0 Å². The number of anilines is 2. The molecule has 25 heavy (non-hydrogen) atoms. The van der Waals surface area contributed by atoms with Crippen molar-refractivity contribution < 1.29 is 4.79 Å². The maximum atomic E-state index is 12.1. The second-order valence-electron chi connectivity index (χ2n) is 7.27. The summed E-state index contributed by atoms with van der Waals surface area (Å²) in [5.74, 6) is 0.863. The predicted octanol–water partition coefficient (Wildman–Crippen LogP) is 4.80. The van der Waals surface area contributed by atoms with Gasteiger partial charge in [0.15, 0.2) is 0 Å². The number of carbonyl (C=O) groups is 1. The molecule has 1 N–H and O–H groups in total. The second-order valence-corrected chi connectivity index (χ2v) is 7.27. The molecular weight excluding hydrogens is 308 g/mol. The average molecular weight is 336 g/mol. The smallest absolute Gasteiger partial charge is 0.224 e. The van der Waals surface area contributed by atoms with E-state index in [0.717, 1.165) is 37.5 Å². The van der Waals surface area contributed by atoms with E-state index in [9.17, 15) is 4.79 Å². The minimum absolute atomic E-state index is 0.0923. The van der Waals surface area contributed by atoms with Gasteiger partial charge in [0.25, 0.3) is 0 Å². The molecule has 1 heterocycles. The molecule has 3 rings (SSSR count). The van der Waals surface area contributed by atoms with Crippen LogP contribution < -0.4 is 10.2 Å². The summed E-state index contributed by atoms with van der Waals surface area (Å²) < 4.78 is 0. The second kappa shape index (κ2) is 8.19. The van der Waals surface area contributed by atoms with Gasteiger partial charge in [-0.1, -0.05) is 36.8 Å². The van der Waals surface area contributed by atoms with E-state index in [0.29, 0.717) is 6.42 Å². The normalized spacial score (nSPS) is 16.9. The highest BCUT2D eigenvalue weighted by Gasteiger charge is 2.18. The van der Waals surface area contributed by atoms with Crippen molar-refractivity contribution in [3.63, 3.8) is 0 Å². The molecule has 1 aliphatic heterocycles. The van der Waals surface area contributed by atoms with Gasteiger partial charge >= 0.3 is 0 Å². The topological polar surface area (TPSA) is 32.3 Å². The number of rotatable bonds is 6. The van der Waals surface area contributed by atoms with Gasteiger partial charge in [-0.2, -0.15) is 0 Å². The van der Waals surface area contributed by atoms with Crippen molar-refractivity contribution in [2.75, 3.05) is 23.3 Å². The number of aryl methyl sites for hydroxylation is 2. The van der Waals surface area contributed by atoms with Crippen molar-refractivity contribution in [2.24, 2.45) is 5.92 Å². The summed E-state index contributed by atoms with van der Waals surface area (Å²) in [7, 11) is 0. The molecule has 1 fully saturated rings. The van der Waals surface area contributed by atoms with Gasteiger partial charge in [0.2, 0.25) is 5.91 Å². The molecule has 2 aromatic rings. The Labute approximate surface area is 151 Å². The Morgan fingerprint density at radius 3 is 2.48 bits per heavy atom. The van der Waals surface area contributed by atoms with Crippen LogP contribution in [0.5, 0.6) is 0 Å². The van der Waals surface area contributed by atoms with Crippen molar-refractivity contribution in [1.82, 2.24) is 0 Å². The lowest BCUT2D eigenvalue weighted by molar-refractivity contribution is -0.116. The summed E-state index contributed by atoms with van der Waals surface area (Å²) in [5, 5.41) is 3.01. The molecule has 1 atom stereocenters. The quantitative estimate of drug-likeness (QED) is 0.821. The fourth-order valence-electron chi connectivity index (χ4n) is 3.36. The van der Waals surface area contributed by atoms with E-state index in [1.807, 2.05) is 12.1 Å². The van der Waals surface area contributed by atoms with E-state index in [4.69, 9.17) is 0 Å². The van der Waals surface area contributed by atoms with Crippen molar-refractivity contribution in [1.29, 1.82) is 0 Å². The maximum absolute atomic E-state index is 12.1. The monoisotopic (exact) mass is 336 g/mol. The number of nitrogens with one attached hydrogen (secondary N) is 1. The molecule has 1 aliphatic rings. The number of hydrogen-bond acceptors (Lipinski definition) is 2. The summed E-state index contributed by atoms with van der Waals surface area (Å²) in [6.45, 7) is 6.65. The highest BCUT2D eigenvalue weighted by Crippen LogP contribution is 2.24. The van der Waals surface area contributed by atoms with Crippen molar-refractivity contribution >= 4 is 17.3 Å². The van der Waals surface area contributed by atoms with Gasteiger partial charge in [-0.3, -0.25) is 4.79 Å². The fourth-order valence-corrected chi connectivity index (χ4v) is 3.36. The molecule has 0 radical (unpaired) electrons. The molecule has 1 saturated heterocycles. The molecule has 0 saturated carbocycles. The number of nitrogens with zero attached hydrogens (tertiary/aromatic N) is 1.